The molecule has 0 bridgehead atoms. The molecule has 0 saturated carbocycles. The lowest BCUT2D eigenvalue weighted by molar-refractivity contribution is 0.102. The number of carbonyl (C=O) groups is 1. The van der Waals surface area contributed by atoms with E-state index in [0.29, 0.717) is 17.9 Å². The van der Waals surface area contributed by atoms with Crippen LogP contribution in [0.25, 0.3) is 0 Å². The van der Waals surface area contributed by atoms with Crippen LogP contribution < -0.4 is 10.6 Å². The highest BCUT2D eigenvalue weighted by molar-refractivity contribution is 6.03. The fraction of sp³-hybridized carbons (Fsp3) is 0.263. The van der Waals surface area contributed by atoms with E-state index < -0.39 is 0 Å². The minimum Gasteiger partial charge on any atom is -0.464 e. The molecule has 2 N–H and O–H groups in total. The second kappa shape index (κ2) is 6.57. The van der Waals surface area contributed by atoms with Gasteiger partial charge >= 0.3 is 0 Å². The van der Waals surface area contributed by atoms with Crippen LogP contribution in [0.5, 0.6) is 0 Å². The third-order valence-electron chi connectivity index (χ3n) is 4.36. The van der Waals surface area contributed by atoms with Gasteiger partial charge in [-0.1, -0.05) is 6.07 Å². The number of aryl methyl sites for hydroxylation is 1. The summed E-state index contributed by atoms with van der Waals surface area (Å²) in [6, 6.07) is 9.74. The number of carbonyl (C=O) groups excluding carboxylic acids is 1. The topological polar surface area (TPSA) is 72.1 Å². The Morgan fingerprint density at radius 1 is 1.32 bits per heavy atom. The van der Waals surface area contributed by atoms with Gasteiger partial charge in [0.15, 0.2) is 5.82 Å². The lowest BCUT2D eigenvalue weighted by Gasteiger charge is -2.17. The molecule has 1 aliphatic heterocycles. The molecule has 4 rings (SSSR count). The minimum atomic E-state index is -0.138. The Kier molecular flexibility index (Phi) is 4.11. The minimum absolute atomic E-state index is 0.138. The van der Waals surface area contributed by atoms with E-state index in [0.717, 1.165) is 31.0 Å². The summed E-state index contributed by atoms with van der Waals surface area (Å²) in [7, 11) is 0. The fourth-order valence-electron chi connectivity index (χ4n) is 3.07. The molecule has 3 heterocycles. The van der Waals surface area contributed by atoms with Crippen LogP contribution in [0.15, 0.2) is 47.3 Å². The zero-order valence-electron chi connectivity index (χ0n) is 14.1. The summed E-state index contributed by atoms with van der Waals surface area (Å²) in [4.78, 5) is 16.7. The summed E-state index contributed by atoms with van der Waals surface area (Å²) in [5.74, 6) is 2.13. The highest BCUT2D eigenvalue weighted by atomic mass is 16.3. The van der Waals surface area contributed by atoms with Crippen LogP contribution in [-0.2, 0) is 19.5 Å². The Balaban J connectivity index is 1.44. The molecule has 2 aromatic heterocycles. The Labute approximate surface area is 145 Å². The van der Waals surface area contributed by atoms with Gasteiger partial charge in [0.25, 0.3) is 5.91 Å². The van der Waals surface area contributed by atoms with Crippen LogP contribution >= 0.6 is 0 Å². The molecular formula is C19H20N4O2. The molecule has 0 saturated heterocycles. The van der Waals surface area contributed by atoms with Crippen LogP contribution in [0.2, 0.25) is 0 Å². The highest BCUT2D eigenvalue weighted by Crippen LogP contribution is 2.17. The number of fused-ring (bicyclic) bond motifs is 1. The van der Waals surface area contributed by atoms with Crippen molar-refractivity contribution in [3.63, 3.8) is 0 Å². The van der Waals surface area contributed by atoms with E-state index in [1.807, 2.05) is 41.8 Å². The summed E-state index contributed by atoms with van der Waals surface area (Å²) in [5.41, 5.74) is 3.17. The molecule has 1 aliphatic rings. The monoisotopic (exact) mass is 336 g/mol. The van der Waals surface area contributed by atoms with E-state index in [2.05, 4.69) is 15.6 Å². The van der Waals surface area contributed by atoms with Gasteiger partial charge in [0.1, 0.15) is 11.5 Å². The number of aromatic nitrogens is 2. The molecule has 6 heteroatoms. The highest BCUT2D eigenvalue weighted by Gasteiger charge is 2.13. The maximum atomic E-state index is 12.5. The molecule has 1 aromatic carbocycles. The van der Waals surface area contributed by atoms with Gasteiger partial charge in [0.2, 0.25) is 0 Å². The van der Waals surface area contributed by atoms with E-state index in [1.54, 1.807) is 12.5 Å². The predicted octanol–water partition coefficient (Wildman–Crippen LogP) is 2.73. The molecule has 3 aromatic rings. The van der Waals surface area contributed by atoms with Gasteiger partial charge in [-0.25, -0.2) is 4.98 Å². The van der Waals surface area contributed by atoms with Crippen molar-refractivity contribution < 1.29 is 9.21 Å². The third kappa shape index (κ3) is 3.49. The van der Waals surface area contributed by atoms with E-state index in [1.165, 1.54) is 11.1 Å². The van der Waals surface area contributed by atoms with Crippen molar-refractivity contribution in [1.29, 1.82) is 0 Å². The van der Waals surface area contributed by atoms with Crippen molar-refractivity contribution in [3.8, 4) is 0 Å². The lowest BCUT2D eigenvalue weighted by atomic mass is 9.98. The van der Waals surface area contributed by atoms with Gasteiger partial charge in [-0.15, -0.1) is 0 Å². The molecule has 0 atom stereocenters. The number of nitrogens with one attached hydrogen (secondary N) is 2. The SMILES string of the molecule is Cc1ccc(Cn2cnc(NC(=O)c3ccc4c(c3)CCNC4)c2)o1. The number of rotatable bonds is 4. The average molecular weight is 336 g/mol. The van der Waals surface area contributed by atoms with Gasteiger partial charge < -0.3 is 19.6 Å². The van der Waals surface area contributed by atoms with E-state index in [9.17, 15) is 4.79 Å². The fourth-order valence-corrected chi connectivity index (χ4v) is 3.07. The Morgan fingerprint density at radius 3 is 3.08 bits per heavy atom. The van der Waals surface area contributed by atoms with Crippen LogP contribution in [0.1, 0.15) is 33.0 Å². The molecule has 0 aliphatic carbocycles. The molecule has 0 radical (unpaired) electrons. The first-order chi connectivity index (χ1) is 12.2. The molecule has 6 nitrogen and oxygen atoms in total. The van der Waals surface area contributed by atoms with Crippen molar-refractivity contribution in [2.75, 3.05) is 11.9 Å². The van der Waals surface area contributed by atoms with Gasteiger partial charge in [0, 0.05) is 18.3 Å². The maximum Gasteiger partial charge on any atom is 0.256 e. The van der Waals surface area contributed by atoms with Crippen LogP contribution in [0, 0.1) is 6.92 Å². The van der Waals surface area contributed by atoms with E-state index >= 15 is 0 Å². The first-order valence-corrected chi connectivity index (χ1v) is 8.38. The number of hydrogen-bond acceptors (Lipinski definition) is 4. The standard InChI is InChI=1S/C19H20N4O2/c1-13-2-5-17(25-13)10-23-11-18(21-12-23)22-19(24)15-3-4-16-9-20-7-6-14(16)8-15/h2-5,8,11-12,20H,6-7,9-10H2,1H3,(H,22,24). The largest absolute Gasteiger partial charge is 0.464 e. The van der Waals surface area contributed by atoms with Crippen molar-refractivity contribution >= 4 is 11.7 Å². The molecule has 0 unspecified atom stereocenters. The summed E-state index contributed by atoms with van der Waals surface area (Å²) in [6.07, 6.45) is 4.44. The average Bonchev–Trinajstić information content (AvgIpc) is 3.23. The van der Waals surface area contributed by atoms with Crippen LogP contribution in [0.3, 0.4) is 0 Å². The zero-order valence-corrected chi connectivity index (χ0v) is 14.1. The number of hydrogen-bond donors (Lipinski definition) is 2. The quantitative estimate of drug-likeness (QED) is 0.768. The van der Waals surface area contributed by atoms with Crippen LogP contribution in [0.4, 0.5) is 5.82 Å². The maximum absolute atomic E-state index is 12.5. The third-order valence-corrected chi connectivity index (χ3v) is 4.36. The molecule has 0 fully saturated rings. The zero-order chi connectivity index (χ0) is 17.2. The molecule has 25 heavy (non-hydrogen) atoms. The van der Waals surface area contributed by atoms with E-state index in [4.69, 9.17) is 4.42 Å². The predicted molar refractivity (Wildman–Crippen MR) is 94.6 cm³/mol. The Bertz CT molecular complexity index is 910. The second-order valence-electron chi connectivity index (χ2n) is 6.31. The molecule has 1 amide bonds. The van der Waals surface area contributed by atoms with Crippen molar-refractivity contribution in [2.45, 2.75) is 26.4 Å². The lowest BCUT2D eigenvalue weighted by Crippen LogP contribution is -2.24. The first kappa shape index (κ1) is 15.7. The summed E-state index contributed by atoms with van der Waals surface area (Å²) in [6.45, 7) is 4.32. The Hall–Kier alpha value is -2.86. The van der Waals surface area contributed by atoms with Crippen LogP contribution in [-0.4, -0.2) is 22.0 Å². The summed E-state index contributed by atoms with van der Waals surface area (Å²) < 4.78 is 7.44. The van der Waals surface area contributed by atoms with Crippen molar-refractivity contribution in [1.82, 2.24) is 14.9 Å². The summed E-state index contributed by atoms with van der Waals surface area (Å²) in [5, 5.41) is 6.19. The van der Waals surface area contributed by atoms with E-state index in [-0.39, 0.29) is 5.91 Å². The number of amides is 1. The Morgan fingerprint density at radius 2 is 2.24 bits per heavy atom. The molecule has 0 spiro atoms. The smallest absolute Gasteiger partial charge is 0.256 e. The second-order valence-corrected chi connectivity index (χ2v) is 6.31. The van der Waals surface area contributed by atoms with Gasteiger partial charge in [0.05, 0.1) is 12.9 Å². The number of nitrogens with zero attached hydrogens (tertiary/aromatic N) is 2. The van der Waals surface area contributed by atoms with Gasteiger partial charge in [-0.2, -0.15) is 0 Å². The number of furan rings is 1. The van der Waals surface area contributed by atoms with Crippen molar-refractivity contribution in [3.05, 3.63) is 71.1 Å². The number of benzene rings is 1. The van der Waals surface area contributed by atoms with Gasteiger partial charge in [-0.3, -0.25) is 4.79 Å². The van der Waals surface area contributed by atoms with Gasteiger partial charge in [-0.05, 0) is 55.3 Å². The first-order valence-electron chi connectivity index (χ1n) is 8.38. The molecule has 128 valence electrons. The number of imidazole rings is 1. The normalized spacial score (nSPS) is 13.5. The molecular weight excluding hydrogens is 316 g/mol. The number of anilines is 1. The van der Waals surface area contributed by atoms with Crippen molar-refractivity contribution in [2.24, 2.45) is 0 Å². The summed E-state index contributed by atoms with van der Waals surface area (Å²) >= 11 is 0.